The zero-order chi connectivity index (χ0) is 25.2. The second kappa shape index (κ2) is 9.45. The van der Waals surface area contributed by atoms with Crippen molar-refractivity contribution < 1.29 is 22.8 Å². The van der Waals surface area contributed by atoms with Crippen LogP contribution in [0.2, 0.25) is 0 Å². The molecule has 35 heavy (non-hydrogen) atoms. The molecule has 2 heterocycles. The first kappa shape index (κ1) is 23.7. The fourth-order valence-electron chi connectivity index (χ4n) is 3.58. The lowest BCUT2D eigenvalue weighted by molar-refractivity contribution is -0.144. The van der Waals surface area contributed by atoms with Crippen molar-refractivity contribution in [2.45, 2.75) is 26.2 Å². The maximum Gasteiger partial charge on any atom is 0.416 e. The molecule has 0 saturated carbocycles. The number of aromatic amines is 1. The third-order valence-corrected chi connectivity index (χ3v) is 5.52. The summed E-state index contributed by atoms with van der Waals surface area (Å²) in [5.74, 6) is -1.59. The highest BCUT2D eigenvalue weighted by Gasteiger charge is 2.30. The molecular weight excluding hydrogens is 461 g/mol. The second-order valence-electron chi connectivity index (χ2n) is 7.95. The predicted molar refractivity (Wildman–Crippen MR) is 124 cm³/mol. The number of aryl methyl sites for hydroxylation is 1. The third kappa shape index (κ3) is 5.24. The molecule has 2 aromatic carbocycles. The number of alkyl halides is 3. The van der Waals surface area contributed by atoms with Gasteiger partial charge in [-0.05, 0) is 35.7 Å². The van der Waals surface area contributed by atoms with Gasteiger partial charge in [0.25, 0.3) is 0 Å². The molecule has 0 aliphatic carbocycles. The zero-order valence-corrected chi connectivity index (χ0v) is 18.6. The van der Waals surface area contributed by atoms with E-state index in [1.54, 1.807) is 6.07 Å². The molecule has 0 aliphatic rings. The quantitative estimate of drug-likeness (QED) is 0.371. The monoisotopic (exact) mass is 482 g/mol. The number of amides is 2. The minimum Gasteiger partial charge on any atom is -0.383 e. The number of aromatic nitrogens is 3. The largest absolute Gasteiger partial charge is 0.416 e. The summed E-state index contributed by atoms with van der Waals surface area (Å²) in [5, 5.41) is 9.60. The molecule has 2 amide bonds. The molecule has 4 N–H and O–H groups in total. The van der Waals surface area contributed by atoms with Gasteiger partial charge in [-0.1, -0.05) is 36.4 Å². The number of carbonyl (C=O) groups excluding carboxylic acids is 2. The lowest BCUT2D eigenvalue weighted by atomic mass is 10.1. The summed E-state index contributed by atoms with van der Waals surface area (Å²) in [7, 11) is 0. The van der Waals surface area contributed by atoms with Gasteiger partial charge < -0.3 is 16.0 Å². The summed E-state index contributed by atoms with van der Waals surface area (Å²) in [6.45, 7) is 1.88. The van der Waals surface area contributed by atoms with E-state index in [-0.39, 0.29) is 24.6 Å². The molecule has 0 atom stereocenters. The lowest BCUT2D eigenvalue weighted by Crippen LogP contribution is -2.39. The first-order valence-corrected chi connectivity index (χ1v) is 10.5. The van der Waals surface area contributed by atoms with Crippen LogP contribution < -0.4 is 11.1 Å². The van der Waals surface area contributed by atoms with Crippen LogP contribution in [0, 0.1) is 6.92 Å². The molecule has 4 rings (SSSR count). The molecule has 4 aromatic rings. The number of benzene rings is 2. The average Bonchev–Trinajstić information content (AvgIpc) is 3.32. The third-order valence-electron chi connectivity index (χ3n) is 5.52. The number of nitrogens with two attached hydrogens (primary N) is 1. The molecule has 0 aliphatic heterocycles. The van der Waals surface area contributed by atoms with Gasteiger partial charge in [0, 0.05) is 13.1 Å². The van der Waals surface area contributed by atoms with Crippen molar-refractivity contribution in [3.8, 4) is 0 Å². The first-order chi connectivity index (χ1) is 16.6. The fraction of sp³-hybridized carbons (Fsp3) is 0.167. The van der Waals surface area contributed by atoms with Crippen molar-refractivity contribution in [2.75, 3.05) is 11.1 Å². The summed E-state index contributed by atoms with van der Waals surface area (Å²) in [5.41, 5.74) is 7.78. The number of fused-ring (bicyclic) bond motifs is 1. The van der Waals surface area contributed by atoms with Gasteiger partial charge in [0.1, 0.15) is 5.82 Å². The van der Waals surface area contributed by atoms with Crippen molar-refractivity contribution in [1.82, 2.24) is 20.1 Å². The Morgan fingerprint density at radius 2 is 1.77 bits per heavy atom. The minimum absolute atomic E-state index is 0.0712. The number of hydrogen-bond acceptors (Lipinski definition) is 5. The van der Waals surface area contributed by atoms with E-state index >= 15 is 0 Å². The van der Waals surface area contributed by atoms with Crippen LogP contribution in [0.25, 0.3) is 10.9 Å². The second-order valence-corrected chi connectivity index (χ2v) is 7.95. The van der Waals surface area contributed by atoms with Crippen molar-refractivity contribution in [3.63, 3.8) is 0 Å². The molecule has 180 valence electrons. The van der Waals surface area contributed by atoms with Crippen LogP contribution in [0.5, 0.6) is 0 Å². The molecule has 0 saturated heterocycles. The number of anilines is 2. The van der Waals surface area contributed by atoms with Crippen LogP contribution in [-0.2, 0) is 28.9 Å². The van der Waals surface area contributed by atoms with Crippen molar-refractivity contribution in [1.29, 1.82) is 0 Å². The van der Waals surface area contributed by atoms with Crippen molar-refractivity contribution in [3.05, 3.63) is 83.2 Å². The minimum atomic E-state index is -4.47. The standard InChI is InChI=1S/C24H21F3N6O2/c1-14-4-2-3-5-16(14)13-33(12-15-6-8-17(9-7-15)24(25,26)27)23(35)22(34)31-19-11-29-21(28)18-10-30-32-20(18)19/h2-11H,12-13H2,1H3,(H2,28,29)(H,30,32)(H,31,34). The zero-order valence-electron chi connectivity index (χ0n) is 18.6. The summed E-state index contributed by atoms with van der Waals surface area (Å²) in [6, 6.07) is 11.8. The van der Waals surface area contributed by atoms with Gasteiger partial charge in [-0.2, -0.15) is 18.3 Å². The van der Waals surface area contributed by atoms with E-state index < -0.39 is 23.6 Å². The maximum atomic E-state index is 13.2. The van der Waals surface area contributed by atoms with E-state index in [4.69, 9.17) is 5.73 Å². The van der Waals surface area contributed by atoms with E-state index in [0.717, 1.165) is 23.3 Å². The Labute approximate surface area is 198 Å². The Hall–Kier alpha value is -4.41. The van der Waals surface area contributed by atoms with Crippen LogP contribution in [0.1, 0.15) is 22.3 Å². The van der Waals surface area contributed by atoms with Crippen LogP contribution in [0.4, 0.5) is 24.7 Å². The Bertz CT molecular complexity index is 1380. The molecule has 0 bridgehead atoms. The lowest BCUT2D eigenvalue weighted by Gasteiger charge is -2.23. The van der Waals surface area contributed by atoms with E-state index in [0.29, 0.717) is 16.5 Å². The molecule has 0 radical (unpaired) electrons. The molecule has 0 unspecified atom stereocenters. The Morgan fingerprint density at radius 3 is 2.46 bits per heavy atom. The van der Waals surface area contributed by atoms with Gasteiger partial charge in [0.05, 0.1) is 34.5 Å². The molecule has 11 heteroatoms. The number of nitrogens with one attached hydrogen (secondary N) is 2. The summed E-state index contributed by atoms with van der Waals surface area (Å²) >= 11 is 0. The first-order valence-electron chi connectivity index (χ1n) is 10.5. The van der Waals surface area contributed by atoms with E-state index in [9.17, 15) is 22.8 Å². The van der Waals surface area contributed by atoms with Gasteiger partial charge in [-0.15, -0.1) is 0 Å². The van der Waals surface area contributed by atoms with Gasteiger partial charge in [-0.3, -0.25) is 14.7 Å². The molecule has 8 nitrogen and oxygen atoms in total. The van der Waals surface area contributed by atoms with E-state index in [1.165, 1.54) is 29.4 Å². The summed E-state index contributed by atoms with van der Waals surface area (Å²) < 4.78 is 38.8. The van der Waals surface area contributed by atoms with Gasteiger partial charge in [0.15, 0.2) is 0 Å². The number of H-pyrrole nitrogens is 1. The number of halogens is 3. The Kier molecular flexibility index (Phi) is 6.41. The highest BCUT2D eigenvalue weighted by molar-refractivity contribution is 6.40. The number of nitrogens with zero attached hydrogens (tertiary/aromatic N) is 3. The molecular formula is C24H21F3N6O2. The van der Waals surface area contributed by atoms with E-state index in [1.807, 2.05) is 25.1 Å². The number of pyridine rings is 1. The fourth-order valence-corrected chi connectivity index (χ4v) is 3.58. The predicted octanol–water partition coefficient (Wildman–Crippen LogP) is 4.03. The van der Waals surface area contributed by atoms with E-state index in [2.05, 4.69) is 20.5 Å². The SMILES string of the molecule is Cc1ccccc1CN(Cc1ccc(C(F)(F)F)cc1)C(=O)C(=O)Nc1cnc(N)c2cn[nH]c12. The van der Waals surface area contributed by atoms with Crippen LogP contribution in [0.3, 0.4) is 0 Å². The van der Waals surface area contributed by atoms with Crippen molar-refractivity contribution in [2.24, 2.45) is 0 Å². The van der Waals surface area contributed by atoms with Crippen molar-refractivity contribution >= 4 is 34.2 Å². The topological polar surface area (TPSA) is 117 Å². The highest BCUT2D eigenvalue weighted by atomic mass is 19.4. The maximum absolute atomic E-state index is 13.2. The normalized spacial score (nSPS) is 11.4. The van der Waals surface area contributed by atoms with Gasteiger partial charge in [0.2, 0.25) is 0 Å². The van der Waals surface area contributed by atoms with Crippen LogP contribution >= 0.6 is 0 Å². The summed E-state index contributed by atoms with van der Waals surface area (Å²) in [6.07, 6.45) is -1.72. The molecule has 2 aromatic heterocycles. The van der Waals surface area contributed by atoms with Crippen LogP contribution in [-0.4, -0.2) is 31.9 Å². The molecule has 0 fully saturated rings. The van der Waals surface area contributed by atoms with Crippen LogP contribution in [0.15, 0.2) is 60.9 Å². The smallest absolute Gasteiger partial charge is 0.383 e. The highest BCUT2D eigenvalue weighted by Crippen LogP contribution is 2.29. The number of carbonyl (C=O) groups is 2. The summed E-state index contributed by atoms with van der Waals surface area (Å²) in [4.78, 5) is 31.4. The number of hydrogen-bond donors (Lipinski definition) is 3. The molecule has 0 spiro atoms. The van der Waals surface area contributed by atoms with Gasteiger partial charge >= 0.3 is 18.0 Å². The average molecular weight is 482 g/mol. The van der Waals surface area contributed by atoms with Gasteiger partial charge in [-0.25, -0.2) is 4.98 Å². The Morgan fingerprint density at radius 1 is 1.06 bits per heavy atom. The number of nitrogen functional groups attached to an aromatic ring is 1. The Balaban J connectivity index is 1.59. The number of rotatable bonds is 5.